The maximum Gasteiger partial charge on any atom is 0.143 e. The van der Waals surface area contributed by atoms with Gasteiger partial charge in [0.05, 0.1) is 24.3 Å². The third-order valence-electron chi connectivity index (χ3n) is 3.08. The topological polar surface area (TPSA) is 45.0 Å². The highest BCUT2D eigenvalue weighted by atomic mass is 35.5. The monoisotopic (exact) mass is 280 g/mol. The lowest BCUT2D eigenvalue weighted by molar-refractivity contribution is 0.415. The van der Waals surface area contributed by atoms with Crippen LogP contribution in [0, 0.1) is 23.7 Å². The second-order valence-corrected chi connectivity index (χ2v) is 5.73. The molecule has 1 rings (SSSR count). The number of rotatable bonds is 6. The number of hydrogen-bond acceptors (Lipinski definition) is 3. The van der Waals surface area contributed by atoms with Gasteiger partial charge in [-0.15, -0.1) is 0 Å². The molecule has 19 heavy (non-hydrogen) atoms. The molecule has 0 saturated carbocycles. The summed E-state index contributed by atoms with van der Waals surface area (Å²) < 4.78 is 5.30. The molecule has 0 spiro atoms. The Morgan fingerprint density at radius 3 is 2.68 bits per heavy atom. The normalized spacial score (nSPS) is 10.9. The van der Waals surface area contributed by atoms with E-state index < -0.39 is 0 Å². The average Bonchev–Trinajstić information content (AvgIpc) is 2.38. The SMILES string of the molecule is COc1cc(Cl)c(C)cc1NCCCC(C)(C)C#N. The average molecular weight is 281 g/mol. The third kappa shape index (κ3) is 4.65. The van der Waals surface area contributed by atoms with E-state index in [-0.39, 0.29) is 5.41 Å². The molecule has 0 unspecified atom stereocenters. The van der Waals surface area contributed by atoms with Crippen LogP contribution in [0.15, 0.2) is 12.1 Å². The van der Waals surface area contributed by atoms with E-state index in [1.807, 2.05) is 32.9 Å². The molecule has 0 saturated heterocycles. The van der Waals surface area contributed by atoms with Gasteiger partial charge in [0.2, 0.25) is 0 Å². The number of nitrogens with one attached hydrogen (secondary N) is 1. The fourth-order valence-electron chi connectivity index (χ4n) is 1.78. The lowest BCUT2D eigenvalue weighted by Gasteiger charge is -2.16. The predicted molar refractivity (Wildman–Crippen MR) is 79.9 cm³/mol. The predicted octanol–water partition coefficient (Wildman–Crippen LogP) is 4.40. The molecule has 0 atom stereocenters. The molecule has 104 valence electrons. The highest BCUT2D eigenvalue weighted by Gasteiger charge is 2.15. The summed E-state index contributed by atoms with van der Waals surface area (Å²) in [6, 6.07) is 6.11. The van der Waals surface area contributed by atoms with Crippen LogP contribution in [0.2, 0.25) is 5.02 Å². The number of ether oxygens (including phenoxy) is 1. The maximum absolute atomic E-state index is 8.95. The second kappa shape index (κ2) is 6.68. The summed E-state index contributed by atoms with van der Waals surface area (Å²) in [6.45, 7) is 6.69. The molecule has 0 radical (unpaired) electrons. The van der Waals surface area contributed by atoms with Gasteiger partial charge in [-0.05, 0) is 45.2 Å². The minimum atomic E-state index is -0.262. The molecule has 1 aromatic carbocycles. The molecule has 0 heterocycles. The van der Waals surface area contributed by atoms with Gasteiger partial charge in [-0.2, -0.15) is 5.26 Å². The summed E-state index contributed by atoms with van der Waals surface area (Å²) >= 11 is 6.06. The fraction of sp³-hybridized carbons (Fsp3) is 0.533. The van der Waals surface area contributed by atoms with E-state index in [9.17, 15) is 0 Å². The summed E-state index contributed by atoms with van der Waals surface area (Å²) in [4.78, 5) is 0. The maximum atomic E-state index is 8.95. The molecule has 3 nitrogen and oxygen atoms in total. The molecule has 4 heteroatoms. The fourth-order valence-corrected chi connectivity index (χ4v) is 1.93. The summed E-state index contributed by atoms with van der Waals surface area (Å²) in [7, 11) is 1.63. The van der Waals surface area contributed by atoms with Crippen molar-refractivity contribution < 1.29 is 4.74 Å². The van der Waals surface area contributed by atoms with Gasteiger partial charge < -0.3 is 10.1 Å². The number of benzene rings is 1. The zero-order valence-electron chi connectivity index (χ0n) is 12.0. The number of aryl methyl sites for hydroxylation is 1. The number of nitriles is 1. The van der Waals surface area contributed by atoms with Gasteiger partial charge in [0.25, 0.3) is 0 Å². The largest absolute Gasteiger partial charge is 0.495 e. The summed E-state index contributed by atoms with van der Waals surface area (Å²) in [6.07, 6.45) is 1.80. The van der Waals surface area contributed by atoms with Crippen molar-refractivity contribution in [1.82, 2.24) is 0 Å². The Labute approximate surface area is 120 Å². The van der Waals surface area contributed by atoms with Crippen LogP contribution in [-0.4, -0.2) is 13.7 Å². The molecule has 0 amide bonds. The first kappa shape index (κ1) is 15.7. The molecule has 0 aliphatic rings. The van der Waals surface area contributed by atoms with Crippen LogP contribution in [-0.2, 0) is 0 Å². The minimum Gasteiger partial charge on any atom is -0.495 e. The Morgan fingerprint density at radius 1 is 1.42 bits per heavy atom. The van der Waals surface area contributed by atoms with Crippen molar-refractivity contribution in [2.45, 2.75) is 33.6 Å². The molecular weight excluding hydrogens is 260 g/mol. The lowest BCUT2D eigenvalue weighted by atomic mass is 9.90. The van der Waals surface area contributed by atoms with Gasteiger partial charge in [-0.25, -0.2) is 0 Å². The molecule has 0 bridgehead atoms. The van der Waals surface area contributed by atoms with E-state index in [0.717, 1.165) is 36.4 Å². The number of hydrogen-bond donors (Lipinski definition) is 1. The van der Waals surface area contributed by atoms with Crippen molar-refractivity contribution in [3.63, 3.8) is 0 Å². The second-order valence-electron chi connectivity index (χ2n) is 5.33. The van der Waals surface area contributed by atoms with Crippen LogP contribution in [0.25, 0.3) is 0 Å². The van der Waals surface area contributed by atoms with Crippen molar-refractivity contribution >= 4 is 17.3 Å². The zero-order valence-corrected chi connectivity index (χ0v) is 12.8. The number of methoxy groups -OCH3 is 1. The molecule has 1 N–H and O–H groups in total. The third-order valence-corrected chi connectivity index (χ3v) is 3.48. The smallest absolute Gasteiger partial charge is 0.143 e. The highest BCUT2D eigenvalue weighted by Crippen LogP contribution is 2.31. The molecule has 0 aromatic heterocycles. The molecule has 0 aliphatic carbocycles. The molecular formula is C15H21ClN2O. The van der Waals surface area contributed by atoms with Crippen LogP contribution in [0.4, 0.5) is 5.69 Å². The standard InChI is InChI=1S/C15H21ClN2O/c1-11-8-13(14(19-4)9-12(11)16)18-7-5-6-15(2,3)10-17/h8-9,18H,5-7H2,1-4H3. The minimum absolute atomic E-state index is 0.262. The number of anilines is 1. The molecule has 1 aromatic rings. The van der Waals surface area contributed by atoms with E-state index in [1.54, 1.807) is 7.11 Å². The quantitative estimate of drug-likeness (QED) is 0.786. The van der Waals surface area contributed by atoms with Gasteiger partial charge in [-0.3, -0.25) is 0 Å². The number of nitrogens with zero attached hydrogens (tertiary/aromatic N) is 1. The Bertz CT molecular complexity index is 478. The first-order chi connectivity index (χ1) is 8.89. The summed E-state index contributed by atoms with van der Waals surface area (Å²) in [5.74, 6) is 0.746. The number of halogens is 1. The van der Waals surface area contributed by atoms with Crippen LogP contribution in [0.1, 0.15) is 32.3 Å². The van der Waals surface area contributed by atoms with Gasteiger partial charge in [-0.1, -0.05) is 11.6 Å². The van der Waals surface area contributed by atoms with Crippen molar-refractivity contribution in [1.29, 1.82) is 5.26 Å². The zero-order chi connectivity index (χ0) is 14.5. The van der Waals surface area contributed by atoms with Gasteiger partial charge in [0.1, 0.15) is 5.75 Å². The first-order valence-corrected chi connectivity index (χ1v) is 6.76. The Balaban J connectivity index is 2.59. The van der Waals surface area contributed by atoms with E-state index in [2.05, 4.69) is 11.4 Å². The summed E-state index contributed by atoms with van der Waals surface area (Å²) in [5, 5.41) is 13.0. The Morgan fingerprint density at radius 2 is 2.11 bits per heavy atom. The van der Waals surface area contributed by atoms with Crippen LogP contribution < -0.4 is 10.1 Å². The van der Waals surface area contributed by atoms with Gasteiger partial charge in [0, 0.05) is 17.6 Å². The van der Waals surface area contributed by atoms with E-state index >= 15 is 0 Å². The van der Waals surface area contributed by atoms with E-state index in [0.29, 0.717) is 5.02 Å². The van der Waals surface area contributed by atoms with Crippen molar-refractivity contribution in [3.8, 4) is 11.8 Å². The Hall–Kier alpha value is -1.40. The van der Waals surface area contributed by atoms with E-state index in [1.165, 1.54) is 0 Å². The van der Waals surface area contributed by atoms with Crippen molar-refractivity contribution in [2.24, 2.45) is 5.41 Å². The Kier molecular flexibility index (Phi) is 5.50. The van der Waals surface area contributed by atoms with Crippen molar-refractivity contribution in [2.75, 3.05) is 19.0 Å². The molecule has 0 fully saturated rings. The highest BCUT2D eigenvalue weighted by molar-refractivity contribution is 6.31. The van der Waals surface area contributed by atoms with Crippen molar-refractivity contribution in [3.05, 3.63) is 22.7 Å². The van der Waals surface area contributed by atoms with Gasteiger partial charge >= 0.3 is 0 Å². The first-order valence-electron chi connectivity index (χ1n) is 6.39. The molecule has 0 aliphatic heterocycles. The van der Waals surface area contributed by atoms with E-state index in [4.69, 9.17) is 21.6 Å². The summed E-state index contributed by atoms with van der Waals surface area (Å²) in [5.41, 5.74) is 1.70. The van der Waals surface area contributed by atoms with Gasteiger partial charge in [0.15, 0.2) is 0 Å². The van der Waals surface area contributed by atoms with Crippen LogP contribution in [0.3, 0.4) is 0 Å². The lowest BCUT2D eigenvalue weighted by Crippen LogP contribution is -2.11. The van der Waals surface area contributed by atoms with Crippen LogP contribution in [0.5, 0.6) is 5.75 Å². The van der Waals surface area contributed by atoms with Crippen LogP contribution >= 0.6 is 11.6 Å².